The van der Waals surface area contributed by atoms with E-state index in [2.05, 4.69) is 0 Å². The van der Waals surface area contributed by atoms with Crippen LogP contribution < -0.4 is 10.6 Å². The summed E-state index contributed by atoms with van der Waals surface area (Å²) in [7, 11) is 0. The lowest BCUT2D eigenvalue weighted by Crippen LogP contribution is -2.52. The average Bonchev–Trinajstić information content (AvgIpc) is 2.83. The Kier molecular flexibility index (Phi) is 4.21. The molecule has 1 aromatic rings. The molecule has 1 amide bonds. The molecule has 110 valence electrons. The van der Waals surface area contributed by atoms with Crippen molar-refractivity contribution in [3.05, 3.63) is 21.1 Å². The minimum absolute atomic E-state index is 0.106. The van der Waals surface area contributed by atoms with Crippen molar-refractivity contribution < 1.29 is 19.6 Å². The number of rotatable bonds is 4. The molecule has 0 radical (unpaired) electrons. The van der Waals surface area contributed by atoms with Gasteiger partial charge in [-0.2, -0.15) is 0 Å². The molecule has 20 heavy (non-hydrogen) atoms. The van der Waals surface area contributed by atoms with Gasteiger partial charge in [0.1, 0.15) is 6.04 Å². The summed E-state index contributed by atoms with van der Waals surface area (Å²) in [5.74, 6) is -0.592. The van der Waals surface area contributed by atoms with Gasteiger partial charge in [-0.05, 0) is 6.92 Å². The maximum atomic E-state index is 11.4. The fourth-order valence-electron chi connectivity index (χ4n) is 2.01. The molecule has 0 bridgehead atoms. The van der Waals surface area contributed by atoms with Gasteiger partial charge in [0.2, 0.25) is 5.91 Å². The van der Waals surface area contributed by atoms with E-state index >= 15 is 0 Å². The smallest absolute Gasteiger partial charge is 0.304 e. The third-order valence-corrected chi connectivity index (χ3v) is 4.37. The number of carbonyl (C=O) groups excluding carboxylic acids is 1. The van der Waals surface area contributed by atoms with Gasteiger partial charge in [-0.1, -0.05) is 0 Å². The Hall–Kier alpha value is -1.71. The number of hydrogen-bond donors (Lipinski definition) is 2. The Labute approximate surface area is 118 Å². The maximum Gasteiger partial charge on any atom is 0.304 e. The second-order valence-electron chi connectivity index (χ2n) is 4.46. The van der Waals surface area contributed by atoms with Gasteiger partial charge in [-0.3, -0.25) is 14.9 Å². The number of anilines is 1. The molecule has 8 nitrogen and oxygen atoms in total. The van der Waals surface area contributed by atoms with Crippen molar-refractivity contribution >= 4 is 27.9 Å². The molecule has 3 N–H and O–H groups in total. The van der Waals surface area contributed by atoms with Crippen LogP contribution in [0.1, 0.15) is 17.9 Å². The van der Waals surface area contributed by atoms with Crippen molar-refractivity contribution in [3.63, 3.8) is 0 Å². The molecule has 2 heterocycles. The zero-order valence-corrected chi connectivity index (χ0v) is 11.6. The molecular formula is C11H15N3O5S. The van der Waals surface area contributed by atoms with Crippen molar-refractivity contribution in [3.8, 4) is 0 Å². The first kappa shape index (κ1) is 14.7. The van der Waals surface area contributed by atoms with Crippen LogP contribution in [-0.4, -0.2) is 41.7 Å². The van der Waals surface area contributed by atoms with Gasteiger partial charge in [0.05, 0.1) is 24.2 Å². The first-order chi connectivity index (χ1) is 9.41. The first-order valence-corrected chi connectivity index (χ1v) is 6.83. The highest BCUT2D eigenvalue weighted by molar-refractivity contribution is 7.16. The Morgan fingerprint density at radius 3 is 3.00 bits per heavy atom. The standard InChI is InChI=1S/C11H15N3O5S/c1-6(15)9-4-7(14(17)18)11(20-9)13-2-3-19-5-8(13)10(12)16/h4,6,8,15H,2-3,5H2,1H3,(H2,12,16). The van der Waals surface area contributed by atoms with Crippen LogP contribution in [0.2, 0.25) is 0 Å². The summed E-state index contributed by atoms with van der Waals surface area (Å²) in [5.41, 5.74) is 5.19. The van der Waals surface area contributed by atoms with E-state index in [0.717, 1.165) is 11.3 Å². The number of aliphatic hydroxyl groups excluding tert-OH is 1. The summed E-state index contributed by atoms with van der Waals surface area (Å²) < 4.78 is 5.19. The normalized spacial score (nSPS) is 20.7. The summed E-state index contributed by atoms with van der Waals surface area (Å²) in [6.07, 6.45) is -0.805. The number of nitrogens with zero attached hydrogens (tertiary/aromatic N) is 2. The number of nitro groups is 1. The van der Waals surface area contributed by atoms with E-state index in [1.54, 1.807) is 4.90 Å². The van der Waals surface area contributed by atoms with Crippen molar-refractivity contribution in [2.45, 2.75) is 19.1 Å². The number of primary amides is 1. The highest BCUT2D eigenvalue weighted by Crippen LogP contribution is 2.41. The van der Waals surface area contributed by atoms with Crippen LogP contribution >= 0.6 is 11.3 Å². The van der Waals surface area contributed by atoms with E-state index < -0.39 is 23.0 Å². The Morgan fingerprint density at radius 2 is 2.45 bits per heavy atom. The fourth-order valence-corrected chi connectivity index (χ4v) is 3.15. The summed E-state index contributed by atoms with van der Waals surface area (Å²) in [4.78, 5) is 24.1. The van der Waals surface area contributed by atoms with Crippen molar-refractivity contribution in [2.24, 2.45) is 5.73 Å². The largest absolute Gasteiger partial charge is 0.388 e. The van der Waals surface area contributed by atoms with E-state index in [9.17, 15) is 20.0 Å². The van der Waals surface area contributed by atoms with Gasteiger partial charge in [0.15, 0.2) is 5.00 Å². The van der Waals surface area contributed by atoms with Crippen molar-refractivity contribution in [2.75, 3.05) is 24.7 Å². The molecular weight excluding hydrogens is 286 g/mol. The van der Waals surface area contributed by atoms with E-state index in [-0.39, 0.29) is 12.3 Å². The lowest BCUT2D eigenvalue weighted by atomic mass is 10.2. The summed E-state index contributed by atoms with van der Waals surface area (Å²) >= 11 is 1.09. The van der Waals surface area contributed by atoms with Crippen LogP contribution in [0.3, 0.4) is 0 Å². The van der Waals surface area contributed by atoms with Gasteiger partial charge in [-0.15, -0.1) is 11.3 Å². The van der Waals surface area contributed by atoms with Gasteiger partial charge in [0, 0.05) is 17.5 Å². The molecule has 0 saturated carbocycles. The molecule has 2 rings (SSSR count). The summed E-state index contributed by atoms with van der Waals surface area (Å²) in [6, 6.07) is 0.598. The second kappa shape index (κ2) is 5.73. The van der Waals surface area contributed by atoms with Gasteiger partial charge < -0.3 is 20.5 Å². The monoisotopic (exact) mass is 301 g/mol. The number of morpholine rings is 1. The topological polar surface area (TPSA) is 119 Å². The van der Waals surface area contributed by atoms with Crippen LogP contribution in [0.25, 0.3) is 0 Å². The number of nitrogens with two attached hydrogens (primary N) is 1. The van der Waals surface area contributed by atoms with Gasteiger partial charge >= 0.3 is 5.69 Å². The zero-order chi connectivity index (χ0) is 14.9. The molecule has 2 atom stereocenters. The van der Waals surface area contributed by atoms with Crippen molar-refractivity contribution in [1.29, 1.82) is 0 Å². The van der Waals surface area contributed by atoms with Crippen LogP contribution in [0, 0.1) is 10.1 Å². The number of hydrogen-bond acceptors (Lipinski definition) is 7. The lowest BCUT2D eigenvalue weighted by molar-refractivity contribution is -0.383. The third-order valence-electron chi connectivity index (χ3n) is 3.04. The molecule has 1 aromatic heterocycles. The van der Waals surface area contributed by atoms with E-state index in [1.807, 2.05) is 0 Å². The zero-order valence-electron chi connectivity index (χ0n) is 10.8. The lowest BCUT2D eigenvalue weighted by Gasteiger charge is -2.33. The van der Waals surface area contributed by atoms with E-state index in [1.165, 1.54) is 13.0 Å². The quantitative estimate of drug-likeness (QED) is 0.613. The molecule has 9 heteroatoms. The second-order valence-corrected chi connectivity index (χ2v) is 5.52. The summed E-state index contributed by atoms with van der Waals surface area (Å²) in [6.45, 7) is 2.34. The maximum absolute atomic E-state index is 11.4. The minimum atomic E-state index is -0.805. The predicted octanol–water partition coefficient (Wildman–Crippen LogP) is 0.400. The van der Waals surface area contributed by atoms with Crippen molar-refractivity contribution in [1.82, 2.24) is 0 Å². The molecule has 1 fully saturated rings. The molecule has 1 aliphatic heterocycles. The van der Waals surface area contributed by atoms with Gasteiger partial charge in [-0.25, -0.2) is 0 Å². The van der Waals surface area contributed by atoms with E-state index in [0.29, 0.717) is 23.0 Å². The van der Waals surface area contributed by atoms with Gasteiger partial charge in [0.25, 0.3) is 0 Å². The molecule has 1 saturated heterocycles. The first-order valence-electron chi connectivity index (χ1n) is 6.01. The number of amides is 1. The molecule has 1 aliphatic rings. The molecule has 2 unspecified atom stereocenters. The number of ether oxygens (including phenoxy) is 1. The van der Waals surface area contributed by atoms with Crippen LogP contribution in [0.4, 0.5) is 10.7 Å². The fraction of sp³-hybridized carbons (Fsp3) is 0.545. The van der Waals surface area contributed by atoms with Crippen LogP contribution in [-0.2, 0) is 9.53 Å². The Bertz CT molecular complexity index is 530. The Morgan fingerprint density at radius 1 is 1.75 bits per heavy atom. The summed E-state index contributed by atoms with van der Waals surface area (Å²) in [5, 5.41) is 21.0. The van der Waals surface area contributed by atoms with Crippen LogP contribution in [0.15, 0.2) is 6.07 Å². The SMILES string of the molecule is CC(O)c1cc([N+](=O)[O-])c(N2CCOCC2C(N)=O)s1. The Balaban J connectivity index is 2.43. The average molecular weight is 301 g/mol. The highest BCUT2D eigenvalue weighted by atomic mass is 32.1. The highest BCUT2D eigenvalue weighted by Gasteiger charge is 2.34. The number of thiophene rings is 1. The molecule has 0 aliphatic carbocycles. The minimum Gasteiger partial charge on any atom is -0.388 e. The van der Waals surface area contributed by atoms with E-state index in [4.69, 9.17) is 10.5 Å². The predicted molar refractivity (Wildman–Crippen MR) is 72.8 cm³/mol. The van der Waals surface area contributed by atoms with Crippen LogP contribution in [0.5, 0.6) is 0 Å². The third kappa shape index (κ3) is 2.74. The molecule has 0 spiro atoms. The number of aliphatic hydroxyl groups is 1. The molecule has 0 aromatic carbocycles. The number of carbonyl (C=O) groups is 1.